The summed E-state index contributed by atoms with van der Waals surface area (Å²) in [5, 5.41) is 7.25. The van der Waals surface area contributed by atoms with Gasteiger partial charge in [-0.3, -0.25) is 14.6 Å². The Hall–Kier alpha value is -2.44. The fraction of sp³-hybridized carbons (Fsp3) is 0.500. The molecule has 1 amide bonds. The lowest BCUT2D eigenvalue weighted by atomic mass is 9.85. The van der Waals surface area contributed by atoms with Gasteiger partial charge in [0.05, 0.1) is 5.69 Å². The van der Waals surface area contributed by atoms with Gasteiger partial charge in [-0.1, -0.05) is 19.8 Å². The Morgan fingerprint density at radius 3 is 2.87 bits per heavy atom. The number of nitrogens with one attached hydrogen (secondary N) is 2. The topological polar surface area (TPSA) is 92.7 Å². The normalized spacial score (nSPS) is 14.5. The lowest BCUT2D eigenvalue weighted by molar-refractivity contribution is -0.122. The summed E-state index contributed by atoms with van der Waals surface area (Å²) in [4.78, 5) is 31.2. The van der Waals surface area contributed by atoms with Gasteiger partial charge in [0, 0.05) is 23.7 Å². The van der Waals surface area contributed by atoms with E-state index in [2.05, 4.69) is 20.4 Å². The zero-order valence-corrected chi connectivity index (χ0v) is 13.4. The molecule has 1 aliphatic carbocycles. The highest BCUT2D eigenvalue weighted by molar-refractivity contribution is 5.92. The van der Waals surface area contributed by atoms with Crippen molar-refractivity contribution in [1.29, 1.82) is 0 Å². The minimum absolute atomic E-state index is 0.00413. The zero-order valence-electron chi connectivity index (χ0n) is 13.4. The van der Waals surface area contributed by atoms with E-state index < -0.39 is 0 Å². The molecule has 0 unspecified atom stereocenters. The van der Waals surface area contributed by atoms with Crippen molar-refractivity contribution in [3.8, 4) is 5.95 Å². The number of aromatic nitrogens is 4. The number of carbonyl (C=O) groups excluding carboxylic acids is 1. The quantitative estimate of drug-likeness (QED) is 0.882. The first-order valence-electron chi connectivity index (χ1n) is 8.05. The predicted octanol–water partition coefficient (Wildman–Crippen LogP) is 1.96. The Labute approximate surface area is 134 Å². The van der Waals surface area contributed by atoms with E-state index in [0.717, 1.165) is 43.5 Å². The van der Waals surface area contributed by atoms with Crippen molar-refractivity contribution >= 4 is 11.7 Å². The van der Waals surface area contributed by atoms with E-state index in [-0.39, 0.29) is 17.4 Å². The third kappa shape index (κ3) is 3.33. The number of carbonyl (C=O) groups is 1. The van der Waals surface area contributed by atoms with E-state index in [9.17, 15) is 9.59 Å². The van der Waals surface area contributed by atoms with Gasteiger partial charge in [-0.2, -0.15) is 9.78 Å². The average Bonchev–Trinajstić information content (AvgIpc) is 2.77. The average molecular weight is 315 g/mol. The van der Waals surface area contributed by atoms with Crippen LogP contribution in [-0.4, -0.2) is 25.7 Å². The molecule has 2 heterocycles. The van der Waals surface area contributed by atoms with Crippen LogP contribution in [0.4, 0.5) is 5.82 Å². The first-order chi connectivity index (χ1) is 11.1. The number of hydrogen-bond donors (Lipinski definition) is 2. The summed E-state index contributed by atoms with van der Waals surface area (Å²) in [6, 6.07) is 3.28. The molecule has 0 atom stereocenters. The van der Waals surface area contributed by atoms with Gasteiger partial charge in [0.1, 0.15) is 5.82 Å². The maximum atomic E-state index is 12.2. The molecule has 0 bridgehead atoms. The van der Waals surface area contributed by atoms with Crippen LogP contribution in [0.2, 0.25) is 0 Å². The van der Waals surface area contributed by atoms with Crippen molar-refractivity contribution < 1.29 is 4.79 Å². The van der Waals surface area contributed by atoms with E-state index in [0.29, 0.717) is 11.8 Å². The Morgan fingerprint density at radius 1 is 1.43 bits per heavy atom. The second-order valence-corrected chi connectivity index (χ2v) is 6.01. The van der Waals surface area contributed by atoms with Crippen LogP contribution in [-0.2, 0) is 11.2 Å². The lowest BCUT2D eigenvalue weighted by Crippen LogP contribution is -2.29. The fourth-order valence-corrected chi connectivity index (χ4v) is 2.63. The van der Waals surface area contributed by atoms with Crippen LogP contribution in [0.5, 0.6) is 0 Å². The first kappa shape index (κ1) is 15.5. The molecule has 7 heteroatoms. The molecule has 1 fully saturated rings. The van der Waals surface area contributed by atoms with Gasteiger partial charge in [0.25, 0.3) is 5.56 Å². The molecule has 0 aliphatic heterocycles. The SMILES string of the molecule is CCCc1cc(=O)[nH]c(-n2nc(C)cc2NC(=O)C2CCC2)n1. The Morgan fingerprint density at radius 2 is 2.22 bits per heavy atom. The molecule has 2 aromatic rings. The first-order valence-corrected chi connectivity index (χ1v) is 8.05. The highest BCUT2D eigenvalue weighted by Crippen LogP contribution is 2.28. The second kappa shape index (κ2) is 6.36. The van der Waals surface area contributed by atoms with Gasteiger partial charge < -0.3 is 5.32 Å². The maximum absolute atomic E-state index is 12.2. The van der Waals surface area contributed by atoms with Crippen molar-refractivity contribution in [3.63, 3.8) is 0 Å². The highest BCUT2D eigenvalue weighted by atomic mass is 16.2. The molecule has 0 saturated heterocycles. The molecule has 2 aromatic heterocycles. The van der Waals surface area contributed by atoms with Crippen molar-refractivity contribution in [2.45, 2.75) is 46.0 Å². The Balaban J connectivity index is 1.93. The van der Waals surface area contributed by atoms with Crippen LogP contribution < -0.4 is 10.9 Å². The molecule has 7 nitrogen and oxygen atoms in total. The van der Waals surface area contributed by atoms with Gasteiger partial charge in [0.15, 0.2) is 0 Å². The monoisotopic (exact) mass is 315 g/mol. The number of anilines is 1. The van der Waals surface area contributed by atoms with Crippen LogP contribution >= 0.6 is 0 Å². The number of nitrogens with zero attached hydrogens (tertiary/aromatic N) is 3. The minimum Gasteiger partial charge on any atom is -0.310 e. The largest absolute Gasteiger partial charge is 0.310 e. The number of amides is 1. The molecule has 0 aromatic carbocycles. The summed E-state index contributed by atoms with van der Waals surface area (Å²) in [6.07, 6.45) is 4.59. The van der Waals surface area contributed by atoms with Crippen LogP contribution in [0.15, 0.2) is 16.9 Å². The maximum Gasteiger partial charge on any atom is 0.252 e. The molecule has 23 heavy (non-hydrogen) atoms. The number of H-pyrrole nitrogens is 1. The van der Waals surface area contributed by atoms with Gasteiger partial charge in [-0.15, -0.1) is 0 Å². The zero-order chi connectivity index (χ0) is 16.4. The van der Waals surface area contributed by atoms with Crippen molar-refractivity contribution in [2.24, 2.45) is 5.92 Å². The van der Waals surface area contributed by atoms with E-state index in [1.165, 1.54) is 10.7 Å². The Bertz CT molecular complexity index is 773. The third-order valence-corrected chi connectivity index (χ3v) is 4.05. The molecule has 1 saturated carbocycles. The van der Waals surface area contributed by atoms with E-state index in [1.54, 1.807) is 6.07 Å². The molecular formula is C16H21N5O2. The van der Waals surface area contributed by atoms with Gasteiger partial charge >= 0.3 is 0 Å². The van der Waals surface area contributed by atoms with Gasteiger partial charge in [-0.05, 0) is 26.2 Å². The van der Waals surface area contributed by atoms with Gasteiger partial charge in [-0.25, -0.2) is 4.98 Å². The minimum atomic E-state index is -0.220. The van der Waals surface area contributed by atoms with Crippen molar-refractivity contribution in [1.82, 2.24) is 19.7 Å². The molecule has 2 N–H and O–H groups in total. The second-order valence-electron chi connectivity index (χ2n) is 6.01. The van der Waals surface area contributed by atoms with E-state index in [4.69, 9.17) is 0 Å². The Kier molecular flexibility index (Phi) is 4.27. The van der Waals surface area contributed by atoms with E-state index in [1.807, 2.05) is 13.8 Å². The van der Waals surface area contributed by atoms with Crippen LogP contribution in [0.25, 0.3) is 5.95 Å². The summed E-state index contributed by atoms with van der Waals surface area (Å²) in [7, 11) is 0. The summed E-state index contributed by atoms with van der Waals surface area (Å²) >= 11 is 0. The molecule has 122 valence electrons. The van der Waals surface area contributed by atoms with Crippen LogP contribution in [0.1, 0.15) is 44.0 Å². The number of aryl methyl sites for hydroxylation is 2. The van der Waals surface area contributed by atoms with Crippen LogP contribution in [0, 0.1) is 12.8 Å². The lowest BCUT2D eigenvalue weighted by Gasteiger charge is -2.24. The highest BCUT2D eigenvalue weighted by Gasteiger charge is 2.26. The molecule has 3 rings (SSSR count). The standard InChI is InChI=1S/C16H21N5O2/c1-3-5-12-9-14(22)19-16(17-12)21-13(8-10(2)20-21)18-15(23)11-6-4-7-11/h8-9,11H,3-7H2,1-2H3,(H,18,23)(H,17,19,22). The number of aromatic amines is 1. The fourth-order valence-electron chi connectivity index (χ4n) is 2.63. The number of rotatable bonds is 5. The van der Waals surface area contributed by atoms with Crippen molar-refractivity contribution in [2.75, 3.05) is 5.32 Å². The van der Waals surface area contributed by atoms with E-state index >= 15 is 0 Å². The smallest absolute Gasteiger partial charge is 0.252 e. The molecular weight excluding hydrogens is 294 g/mol. The molecule has 0 spiro atoms. The molecule has 1 aliphatic rings. The summed E-state index contributed by atoms with van der Waals surface area (Å²) in [5.74, 6) is 0.954. The summed E-state index contributed by atoms with van der Waals surface area (Å²) in [6.45, 7) is 3.87. The molecule has 0 radical (unpaired) electrons. The van der Waals surface area contributed by atoms with Crippen molar-refractivity contribution in [3.05, 3.63) is 33.9 Å². The number of hydrogen-bond acceptors (Lipinski definition) is 4. The third-order valence-electron chi connectivity index (χ3n) is 4.05. The predicted molar refractivity (Wildman–Crippen MR) is 86.7 cm³/mol. The van der Waals surface area contributed by atoms with Gasteiger partial charge in [0.2, 0.25) is 11.9 Å². The summed E-state index contributed by atoms with van der Waals surface area (Å²) in [5.41, 5.74) is 1.25. The summed E-state index contributed by atoms with van der Waals surface area (Å²) < 4.78 is 1.49. The van der Waals surface area contributed by atoms with Crippen LogP contribution in [0.3, 0.4) is 0 Å².